The molecule has 1 atom stereocenters. The molecule has 2 rings (SSSR count). The summed E-state index contributed by atoms with van der Waals surface area (Å²) >= 11 is 3.18. The molecule has 0 bridgehead atoms. The lowest BCUT2D eigenvalue weighted by atomic mass is 9.93. The number of carbonyl (C=O) groups is 2. The molecule has 102 valence electrons. The molecule has 1 aliphatic heterocycles. The van der Waals surface area contributed by atoms with Crippen LogP contribution in [0.5, 0.6) is 0 Å². The minimum atomic E-state index is -0.446. The summed E-state index contributed by atoms with van der Waals surface area (Å²) < 4.78 is 13.8. The van der Waals surface area contributed by atoms with Gasteiger partial charge in [0, 0.05) is 35.5 Å². The smallest absolute Gasteiger partial charge is 0.254 e. The van der Waals surface area contributed by atoms with Gasteiger partial charge in [-0.2, -0.15) is 0 Å². The SMILES string of the molecule is CCC1CN(C(=O)c2cc(F)cc(Br)c2)CCC1=O. The predicted molar refractivity (Wildman–Crippen MR) is 73.4 cm³/mol. The van der Waals surface area contributed by atoms with Crippen LogP contribution in [0.4, 0.5) is 4.39 Å². The van der Waals surface area contributed by atoms with Crippen molar-refractivity contribution in [1.29, 1.82) is 0 Å². The van der Waals surface area contributed by atoms with Gasteiger partial charge in [-0.25, -0.2) is 4.39 Å². The van der Waals surface area contributed by atoms with E-state index < -0.39 is 5.82 Å². The topological polar surface area (TPSA) is 37.4 Å². The average molecular weight is 328 g/mol. The third kappa shape index (κ3) is 3.21. The monoisotopic (exact) mass is 327 g/mol. The quantitative estimate of drug-likeness (QED) is 0.837. The third-order valence-corrected chi connectivity index (χ3v) is 3.87. The molecular weight excluding hydrogens is 313 g/mol. The summed E-state index contributed by atoms with van der Waals surface area (Å²) in [6.07, 6.45) is 1.12. The van der Waals surface area contributed by atoms with Crippen molar-refractivity contribution in [3.8, 4) is 0 Å². The summed E-state index contributed by atoms with van der Waals surface area (Å²) in [5.74, 6) is -0.536. The number of hydrogen-bond donors (Lipinski definition) is 0. The van der Waals surface area contributed by atoms with Crippen molar-refractivity contribution < 1.29 is 14.0 Å². The fourth-order valence-corrected chi connectivity index (χ4v) is 2.77. The Morgan fingerprint density at radius 2 is 2.21 bits per heavy atom. The Balaban J connectivity index is 2.17. The van der Waals surface area contributed by atoms with Crippen LogP contribution in [0.15, 0.2) is 22.7 Å². The molecule has 1 saturated heterocycles. The molecule has 1 aromatic rings. The summed E-state index contributed by atoms with van der Waals surface area (Å²) in [5.41, 5.74) is 0.316. The molecule has 1 fully saturated rings. The van der Waals surface area contributed by atoms with Crippen LogP contribution in [0, 0.1) is 11.7 Å². The molecule has 0 saturated carbocycles. The minimum absolute atomic E-state index is 0.0882. The van der Waals surface area contributed by atoms with Crippen molar-refractivity contribution >= 4 is 27.6 Å². The average Bonchev–Trinajstić information content (AvgIpc) is 2.37. The lowest BCUT2D eigenvalue weighted by molar-refractivity contribution is -0.125. The second-order valence-electron chi connectivity index (χ2n) is 4.73. The van der Waals surface area contributed by atoms with Gasteiger partial charge in [0.25, 0.3) is 5.91 Å². The van der Waals surface area contributed by atoms with E-state index in [1.54, 1.807) is 11.0 Å². The van der Waals surface area contributed by atoms with Crippen LogP contribution in [0.1, 0.15) is 30.1 Å². The van der Waals surface area contributed by atoms with Gasteiger partial charge in [-0.3, -0.25) is 9.59 Å². The van der Waals surface area contributed by atoms with Gasteiger partial charge in [-0.15, -0.1) is 0 Å². The fourth-order valence-electron chi connectivity index (χ4n) is 2.31. The maximum absolute atomic E-state index is 13.3. The highest BCUT2D eigenvalue weighted by Crippen LogP contribution is 2.21. The van der Waals surface area contributed by atoms with Gasteiger partial charge in [-0.05, 0) is 24.6 Å². The number of rotatable bonds is 2. The van der Waals surface area contributed by atoms with Gasteiger partial charge >= 0.3 is 0 Å². The Labute approximate surface area is 119 Å². The molecule has 0 aromatic heterocycles. The zero-order chi connectivity index (χ0) is 14.0. The van der Waals surface area contributed by atoms with Gasteiger partial charge in [0.05, 0.1) is 0 Å². The molecule has 5 heteroatoms. The van der Waals surface area contributed by atoms with E-state index in [2.05, 4.69) is 15.9 Å². The third-order valence-electron chi connectivity index (χ3n) is 3.41. The van der Waals surface area contributed by atoms with Crippen LogP contribution in [0.2, 0.25) is 0 Å². The number of benzene rings is 1. The molecule has 0 radical (unpaired) electrons. The maximum Gasteiger partial charge on any atom is 0.254 e. The standard InChI is InChI=1S/C14H15BrFNO2/c1-2-9-8-17(4-3-13(9)18)14(19)10-5-11(15)7-12(16)6-10/h5-7,9H,2-4,8H2,1H3. The zero-order valence-electron chi connectivity index (χ0n) is 10.7. The first kappa shape index (κ1) is 14.2. The lowest BCUT2D eigenvalue weighted by Gasteiger charge is -2.31. The van der Waals surface area contributed by atoms with E-state index >= 15 is 0 Å². The highest BCUT2D eigenvalue weighted by molar-refractivity contribution is 9.10. The van der Waals surface area contributed by atoms with Crippen LogP contribution >= 0.6 is 15.9 Å². The van der Waals surface area contributed by atoms with Crippen molar-refractivity contribution in [1.82, 2.24) is 4.90 Å². The van der Waals surface area contributed by atoms with Gasteiger partial charge < -0.3 is 4.90 Å². The fraction of sp³-hybridized carbons (Fsp3) is 0.429. The largest absolute Gasteiger partial charge is 0.337 e. The number of piperidine rings is 1. The number of halogens is 2. The summed E-state index contributed by atoms with van der Waals surface area (Å²) in [4.78, 5) is 25.6. The number of likely N-dealkylation sites (tertiary alicyclic amines) is 1. The highest BCUT2D eigenvalue weighted by atomic mass is 79.9. The number of carbonyl (C=O) groups excluding carboxylic acids is 2. The summed E-state index contributed by atoms with van der Waals surface area (Å²) in [5, 5.41) is 0. The van der Waals surface area contributed by atoms with Gasteiger partial charge in [0.2, 0.25) is 0 Å². The van der Waals surface area contributed by atoms with Crippen LogP contribution < -0.4 is 0 Å². The second-order valence-corrected chi connectivity index (χ2v) is 5.65. The van der Waals surface area contributed by atoms with Crippen LogP contribution in [0.3, 0.4) is 0 Å². The lowest BCUT2D eigenvalue weighted by Crippen LogP contribution is -2.43. The van der Waals surface area contributed by atoms with E-state index in [9.17, 15) is 14.0 Å². The van der Waals surface area contributed by atoms with Crippen LogP contribution in [-0.4, -0.2) is 29.7 Å². The Bertz CT molecular complexity index is 498. The van der Waals surface area contributed by atoms with E-state index in [4.69, 9.17) is 0 Å². The molecule has 1 aliphatic rings. The first-order valence-corrected chi connectivity index (χ1v) is 7.08. The van der Waals surface area contributed by atoms with Crippen molar-refractivity contribution in [3.63, 3.8) is 0 Å². The predicted octanol–water partition coefficient (Wildman–Crippen LogP) is 3.03. The summed E-state index contributed by atoms with van der Waals surface area (Å²) in [6, 6.07) is 4.14. The number of ketones is 1. The first-order valence-electron chi connectivity index (χ1n) is 6.29. The van der Waals surface area contributed by atoms with E-state index in [1.165, 1.54) is 12.1 Å². The minimum Gasteiger partial charge on any atom is -0.337 e. The first-order chi connectivity index (χ1) is 9.01. The Hall–Kier alpha value is -1.23. The van der Waals surface area contributed by atoms with Crippen molar-refractivity contribution in [2.45, 2.75) is 19.8 Å². The molecule has 0 N–H and O–H groups in total. The number of hydrogen-bond acceptors (Lipinski definition) is 2. The molecular formula is C14H15BrFNO2. The van der Waals surface area contributed by atoms with E-state index in [0.717, 1.165) is 6.42 Å². The molecule has 1 heterocycles. The molecule has 1 unspecified atom stereocenters. The van der Waals surface area contributed by atoms with Crippen molar-refractivity contribution in [3.05, 3.63) is 34.1 Å². The number of Topliss-reactive ketones (excluding diaryl/α,β-unsaturated/α-hetero) is 1. The summed E-state index contributed by atoms with van der Waals surface area (Å²) in [6.45, 7) is 2.79. The van der Waals surface area contributed by atoms with Gasteiger partial charge in [0.1, 0.15) is 11.6 Å². The molecule has 0 aliphatic carbocycles. The maximum atomic E-state index is 13.3. The summed E-state index contributed by atoms with van der Waals surface area (Å²) in [7, 11) is 0. The Morgan fingerprint density at radius 3 is 2.84 bits per heavy atom. The van der Waals surface area contributed by atoms with E-state index in [-0.39, 0.29) is 17.6 Å². The molecule has 0 spiro atoms. The normalized spacial score (nSPS) is 19.6. The van der Waals surface area contributed by atoms with Crippen LogP contribution in [-0.2, 0) is 4.79 Å². The second kappa shape index (κ2) is 5.82. The van der Waals surface area contributed by atoms with Crippen LogP contribution in [0.25, 0.3) is 0 Å². The van der Waals surface area contributed by atoms with E-state index in [1.807, 2.05) is 6.92 Å². The Morgan fingerprint density at radius 1 is 1.47 bits per heavy atom. The van der Waals surface area contributed by atoms with Gasteiger partial charge in [0.15, 0.2) is 0 Å². The van der Waals surface area contributed by atoms with E-state index in [0.29, 0.717) is 29.5 Å². The molecule has 3 nitrogen and oxygen atoms in total. The molecule has 1 aromatic carbocycles. The van der Waals surface area contributed by atoms with Gasteiger partial charge in [-0.1, -0.05) is 22.9 Å². The zero-order valence-corrected chi connectivity index (χ0v) is 12.2. The van der Waals surface area contributed by atoms with Crippen molar-refractivity contribution in [2.24, 2.45) is 5.92 Å². The highest BCUT2D eigenvalue weighted by Gasteiger charge is 2.29. The number of nitrogens with zero attached hydrogens (tertiary/aromatic N) is 1. The number of amides is 1. The molecule has 19 heavy (non-hydrogen) atoms. The Kier molecular flexibility index (Phi) is 4.34. The van der Waals surface area contributed by atoms with Crippen molar-refractivity contribution in [2.75, 3.05) is 13.1 Å². The molecule has 1 amide bonds.